The maximum atomic E-state index is 4.24. The van der Waals surface area contributed by atoms with Crippen molar-refractivity contribution in [3.05, 3.63) is 188 Å². The molecule has 0 aliphatic rings. The Bertz CT molecular complexity index is 2570. The second-order valence-electron chi connectivity index (χ2n) is 14.9. The largest absolute Gasteiger partial charge is 0.264 e. The zero-order valence-electron chi connectivity index (χ0n) is 56.6. The smallest absolute Gasteiger partial charge is 0.198 e. The average Bonchev–Trinajstić information content (AvgIpc) is 4.53. The van der Waals surface area contributed by atoms with Gasteiger partial charge in [0.15, 0.2) is 64.6 Å². The fourth-order valence-electron chi connectivity index (χ4n) is 6.62. The summed E-state index contributed by atoms with van der Waals surface area (Å²) in [7, 11) is 9.81. The highest BCUT2D eigenvalue weighted by Crippen LogP contribution is 2.18. The Morgan fingerprint density at radius 1 is 0.373 bits per heavy atom. The summed E-state index contributed by atoms with van der Waals surface area (Å²) in [6.07, 6.45) is 28.2. The van der Waals surface area contributed by atoms with Crippen LogP contribution in [-0.2, 0) is 35.2 Å². The van der Waals surface area contributed by atoms with E-state index in [0.717, 1.165) is 45.5 Å². The summed E-state index contributed by atoms with van der Waals surface area (Å²) < 4.78 is 17.8. The lowest BCUT2D eigenvalue weighted by molar-refractivity contribution is -0.744. The molecule has 0 unspecified atom stereocenters. The maximum absolute atomic E-state index is 4.24. The van der Waals surface area contributed by atoms with Gasteiger partial charge in [0.25, 0.3) is 0 Å². The van der Waals surface area contributed by atoms with E-state index >= 15 is 0 Å². The number of hydrogen-bond donors (Lipinski definition) is 0. The molecular formula is C65H110N18+4. The van der Waals surface area contributed by atoms with Gasteiger partial charge in [-0.2, -0.15) is 0 Å². The standard InChI is InChI=1S/2C10H12N3.2C9H11N4.C9H10N4.9C2H6/c1-9-8-11-5-4-10(9)13-7-3-6-12(13)2;1-9-10(5-3-6-11-9)13-8-4-7-12(13)2;1-8-9(6-10-7-11-8)13-5-3-4-12(13)2;1-8-6-10-7-11-9(8)13-5-3-4-12(13)2;1-7-5-3-4-6-8(7)9-10-11-12-13(9)2;9*1-2/h2*3-8H,1-2H3;2*3-7H,1-2H3;3-6H,1-2H3;9*1-2H3/q4*+1;;;;;;;;;;. The Kier molecular flexibility index (Phi) is 50.5. The van der Waals surface area contributed by atoms with Gasteiger partial charge < -0.3 is 0 Å². The van der Waals surface area contributed by atoms with Gasteiger partial charge in [-0.05, 0) is 74.4 Å². The predicted molar refractivity (Wildman–Crippen MR) is 345 cm³/mol. The zero-order chi connectivity index (χ0) is 64.3. The van der Waals surface area contributed by atoms with Gasteiger partial charge >= 0.3 is 0 Å². The van der Waals surface area contributed by atoms with Gasteiger partial charge in [0, 0.05) is 67.2 Å². The first-order valence-corrected chi connectivity index (χ1v) is 29.7. The van der Waals surface area contributed by atoms with Crippen LogP contribution in [0.3, 0.4) is 0 Å². The van der Waals surface area contributed by atoms with Crippen LogP contribution in [0.5, 0.6) is 0 Å². The van der Waals surface area contributed by atoms with Crippen molar-refractivity contribution in [1.29, 1.82) is 0 Å². The molecular weight excluding hydrogens is 1030 g/mol. The summed E-state index contributed by atoms with van der Waals surface area (Å²) in [6, 6.07) is 22.0. The van der Waals surface area contributed by atoms with Gasteiger partial charge in [0.2, 0.25) is 0 Å². The number of nitrogens with zero attached hydrogens (tertiary/aromatic N) is 18. The van der Waals surface area contributed by atoms with Crippen molar-refractivity contribution in [2.45, 2.75) is 159 Å². The third-order valence-corrected chi connectivity index (χ3v) is 10.2. The first-order valence-electron chi connectivity index (χ1n) is 29.7. The first-order chi connectivity index (χ1) is 40.4. The molecule has 0 saturated carbocycles. The molecule has 9 heterocycles. The van der Waals surface area contributed by atoms with Crippen LogP contribution in [0.4, 0.5) is 0 Å². The third-order valence-electron chi connectivity index (χ3n) is 10.2. The molecule has 456 valence electrons. The quantitative estimate of drug-likeness (QED) is 0.153. The van der Waals surface area contributed by atoms with Gasteiger partial charge in [0.05, 0.1) is 42.4 Å². The zero-order valence-corrected chi connectivity index (χ0v) is 56.6. The SMILES string of the molecule is CC.CC.CC.CC.CC.CC.CC.CC.CC.Cc1ccccc1-c1nnnn1C.Cc1cnccc1-n1ccc[n+]1C.Cc1cncnc1-n1ccc[n+]1C.Cc1ncccc1-n1ccc[n+]1C.Cc1ncncc1-n1ccc[n+]1C. The highest BCUT2D eigenvalue weighted by atomic mass is 15.5. The summed E-state index contributed by atoms with van der Waals surface area (Å²) in [6.45, 7) is 46.1. The van der Waals surface area contributed by atoms with E-state index < -0.39 is 0 Å². The fraction of sp³-hybridized carbons (Fsp3) is 0.431. The van der Waals surface area contributed by atoms with Crippen LogP contribution in [0.1, 0.15) is 153 Å². The Morgan fingerprint density at radius 2 is 0.807 bits per heavy atom. The monoisotopic (exact) mass is 1140 g/mol. The minimum absolute atomic E-state index is 0.804. The topological polar surface area (TPSA) is 156 Å². The molecule has 1 aromatic carbocycles. The lowest BCUT2D eigenvalue weighted by Crippen LogP contribution is -2.37. The number of aryl methyl sites for hydroxylation is 10. The lowest BCUT2D eigenvalue weighted by atomic mass is 10.1. The van der Waals surface area contributed by atoms with Crippen molar-refractivity contribution in [2.75, 3.05) is 0 Å². The molecule has 10 rings (SSSR count). The molecule has 9 aromatic heterocycles. The molecule has 0 fully saturated rings. The molecule has 0 spiro atoms. The van der Waals surface area contributed by atoms with Crippen LogP contribution in [0.2, 0.25) is 0 Å². The van der Waals surface area contributed by atoms with E-state index in [2.05, 4.69) is 67.8 Å². The number of pyridine rings is 2. The molecule has 0 atom stereocenters. The molecule has 18 heteroatoms. The van der Waals surface area contributed by atoms with Gasteiger partial charge in [0.1, 0.15) is 29.7 Å². The second-order valence-corrected chi connectivity index (χ2v) is 14.9. The maximum Gasteiger partial charge on any atom is 0.198 e. The normalized spacial score (nSPS) is 8.72. The van der Waals surface area contributed by atoms with Crippen molar-refractivity contribution in [2.24, 2.45) is 35.2 Å². The van der Waals surface area contributed by atoms with Gasteiger partial charge in [-0.15, -0.1) is 42.6 Å². The molecule has 0 N–H and O–H groups in total. The van der Waals surface area contributed by atoms with E-state index in [1.54, 1.807) is 17.3 Å². The van der Waals surface area contributed by atoms with Crippen molar-refractivity contribution in [1.82, 2.24) is 68.8 Å². The minimum atomic E-state index is 0.804. The van der Waals surface area contributed by atoms with Crippen LogP contribution in [0.25, 0.3) is 34.3 Å². The summed E-state index contributed by atoms with van der Waals surface area (Å²) in [5.41, 5.74) is 9.81. The summed E-state index contributed by atoms with van der Waals surface area (Å²) in [4.78, 5) is 24.6. The van der Waals surface area contributed by atoms with Crippen LogP contribution in [0, 0.1) is 34.6 Å². The number of tetrazole rings is 1. The summed E-state index contributed by atoms with van der Waals surface area (Å²) in [5, 5.41) is 11.3. The van der Waals surface area contributed by atoms with Crippen LogP contribution in [-0.4, -0.2) is 68.8 Å². The minimum Gasteiger partial charge on any atom is -0.264 e. The Balaban J connectivity index is -0.000000439. The van der Waals surface area contributed by atoms with E-state index in [-0.39, 0.29) is 0 Å². The molecule has 0 bridgehead atoms. The summed E-state index contributed by atoms with van der Waals surface area (Å²) in [5.74, 6) is 1.72. The number of rotatable bonds is 5. The third kappa shape index (κ3) is 27.7. The molecule has 0 aliphatic heterocycles. The predicted octanol–water partition coefficient (Wildman–Crippen LogP) is 13.2. The average molecular weight is 1140 g/mol. The van der Waals surface area contributed by atoms with Crippen molar-refractivity contribution in [3.8, 4) is 34.3 Å². The van der Waals surface area contributed by atoms with Crippen molar-refractivity contribution in [3.63, 3.8) is 0 Å². The molecule has 83 heavy (non-hydrogen) atoms. The van der Waals surface area contributed by atoms with E-state index in [0.29, 0.717) is 0 Å². The molecule has 0 amide bonds. The Morgan fingerprint density at radius 3 is 1.23 bits per heavy atom. The van der Waals surface area contributed by atoms with E-state index in [9.17, 15) is 0 Å². The van der Waals surface area contributed by atoms with Crippen molar-refractivity contribution < 1.29 is 18.7 Å². The molecule has 0 aliphatic carbocycles. The molecule has 10 aromatic rings. The van der Waals surface area contributed by atoms with E-state index in [1.807, 2.05) is 357 Å². The Labute approximate surface area is 502 Å². The number of hydrogen-bond acceptors (Lipinski definition) is 9. The fourth-order valence-corrected chi connectivity index (χ4v) is 6.62. The van der Waals surface area contributed by atoms with Crippen LogP contribution >= 0.6 is 0 Å². The molecule has 18 nitrogen and oxygen atoms in total. The first kappa shape index (κ1) is 81.1. The number of benzene rings is 1. The Hall–Kier alpha value is -8.41. The highest BCUT2D eigenvalue weighted by molar-refractivity contribution is 5.59. The lowest BCUT2D eigenvalue weighted by Gasteiger charge is -2.02. The van der Waals surface area contributed by atoms with Gasteiger partial charge in [-0.1, -0.05) is 149 Å². The van der Waals surface area contributed by atoms with Crippen molar-refractivity contribution >= 4 is 0 Å². The summed E-state index contributed by atoms with van der Waals surface area (Å²) >= 11 is 0. The molecule has 0 radical (unpaired) electrons. The highest BCUT2D eigenvalue weighted by Gasteiger charge is 2.12. The van der Waals surface area contributed by atoms with Gasteiger partial charge in [-0.25, -0.2) is 24.6 Å². The molecule has 0 saturated heterocycles. The van der Waals surface area contributed by atoms with Crippen LogP contribution < -0.4 is 18.7 Å². The van der Waals surface area contributed by atoms with E-state index in [1.165, 1.54) is 16.8 Å². The number of aromatic nitrogens is 18. The second kappa shape index (κ2) is 51.7. The van der Waals surface area contributed by atoms with Crippen LogP contribution in [0.15, 0.2) is 160 Å². The van der Waals surface area contributed by atoms with E-state index in [4.69, 9.17) is 0 Å². The van der Waals surface area contributed by atoms with Gasteiger partial charge in [-0.3, -0.25) is 9.97 Å².